The molecule has 0 fully saturated rings. The van der Waals surface area contributed by atoms with Crippen molar-refractivity contribution < 1.29 is 9.53 Å². The van der Waals surface area contributed by atoms with Crippen LogP contribution in [0.15, 0.2) is 37.2 Å². The highest BCUT2D eigenvalue weighted by Gasteiger charge is 2.04. The van der Waals surface area contributed by atoms with Crippen LogP contribution in [0, 0.1) is 0 Å². The molecule has 0 aliphatic rings. The third-order valence-electron chi connectivity index (χ3n) is 1.06. The molecular weight excluding hydrogens is 142 g/mol. The Morgan fingerprint density at radius 2 is 2.45 bits per heavy atom. The largest absolute Gasteiger partial charge is 0.430 e. The van der Waals surface area contributed by atoms with Crippen LogP contribution in [-0.2, 0) is 4.74 Å². The zero-order valence-electron chi connectivity index (χ0n) is 5.86. The Balaban J connectivity index is 2.77. The first-order valence-corrected chi connectivity index (χ1v) is 3.07. The SMILES string of the molecule is C=COC(=O)c1ccccn1. The van der Waals surface area contributed by atoms with E-state index in [0.29, 0.717) is 0 Å². The standard InChI is InChI=1S/C8H7NO2/c1-2-11-8(10)7-5-3-4-6-9-7/h2-6H,1H2. The molecule has 0 aromatic carbocycles. The third-order valence-corrected chi connectivity index (χ3v) is 1.06. The highest BCUT2D eigenvalue weighted by molar-refractivity contribution is 5.87. The Kier molecular flexibility index (Phi) is 2.38. The van der Waals surface area contributed by atoms with E-state index in [1.54, 1.807) is 18.2 Å². The van der Waals surface area contributed by atoms with E-state index in [0.717, 1.165) is 6.26 Å². The average molecular weight is 149 g/mol. The van der Waals surface area contributed by atoms with Gasteiger partial charge >= 0.3 is 5.97 Å². The van der Waals surface area contributed by atoms with Gasteiger partial charge in [0.2, 0.25) is 0 Å². The van der Waals surface area contributed by atoms with Crippen molar-refractivity contribution in [2.45, 2.75) is 0 Å². The molecule has 0 saturated heterocycles. The predicted molar refractivity (Wildman–Crippen MR) is 39.8 cm³/mol. The van der Waals surface area contributed by atoms with Crippen molar-refractivity contribution in [3.05, 3.63) is 42.9 Å². The van der Waals surface area contributed by atoms with Crippen molar-refractivity contribution in [1.82, 2.24) is 4.98 Å². The summed E-state index contributed by atoms with van der Waals surface area (Å²) >= 11 is 0. The molecule has 0 amide bonds. The van der Waals surface area contributed by atoms with Crippen LogP contribution in [0.5, 0.6) is 0 Å². The molecule has 3 heteroatoms. The quantitative estimate of drug-likeness (QED) is 0.471. The molecule has 0 radical (unpaired) electrons. The molecular formula is C8H7NO2. The van der Waals surface area contributed by atoms with Crippen LogP contribution in [0.4, 0.5) is 0 Å². The number of hydrogen-bond acceptors (Lipinski definition) is 3. The van der Waals surface area contributed by atoms with Gasteiger partial charge in [0.15, 0.2) is 0 Å². The highest BCUT2D eigenvalue weighted by atomic mass is 16.5. The van der Waals surface area contributed by atoms with E-state index in [-0.39, 0.29) is 5.69 Å². The Hall–Kier alpha value is -1.64. The van der Waals surface area contributed by atoms with Crippen LogP contribution in [0.2, 0.25) is 0 Å². The van der Waals surface area contributed by atoms with Gasteiger partial charge < -0.3 is 4.74 Å². The molecule has 3 nitrogen and oxygen atoms in total. The topological polar surface area (TPSA) is 39.2 Å². The molecule has 1 rings (SSSR count). The summed E-state index contributed by atoms with van der Waals surface area (Å²) in [6.07, 6.45) is 2.61. The summed E-state index contributed by atoms with van der Waals surface area (Å²) in [5.41, 5.74) is 0.285. The fourth-order valence-corrected chi connectivity index (χ4v) is 0.620. The molecule has 0 aliphatic carbocycles. The zero-order valence-corrected chi connectivity index (χ0v) is 5.86. The van der Waals surface area contributed by atoms with Crippen LogP contribution in [0.1, 0.15) is 10.5 Å². The summed E-state index contributed by atoms with van der Waals surface area (Å²) in [5, 5.41) is 0. The van der Waals surface area contributed by atoms with Gasteiger partial charge in [-0.3, -0.25) is 0 Å². The number of esters is 1. The van der Waals surface area contributed by atoms with Crippen LogP contribution in [0.25, 0.3) is 0 Å². The number of ether oxygens (including phenoxy) is 1. The first-order chi connectivity index (χ1) is 5.34. The maximum atomic E-state index is 10.9. The number of nitrogens with zero attached hydrogens (tertiary/aromatic N) is 1. The minimum absolute atomic E-state index is 0.285. The van der Waals surface area contributed by atoms with Crippen LogP contribution in [0.3, 0.4) is 0 Å². The smallest absolute Gasteiger partial charge is 0.361 e. The number of aromatic nitrogens is 1. The maximum Gasteiger partial charge on any atom is 0.361 e. The number of carbonyl (C=O) groups excluding carboxylic acids is 1. The summed E-state index contributed by atoms with van der Waals surface area (Å²) in [7, 11) is 0. The molecule has 0 unspecified atom stereocenters. The van der Waals surface area contributed by atoms with E-state index in [2.05, 4.69) is 16.3 Å². The van der Waals surface area contributed by atoms with Crippen molar-refractivity contribution >= 4 is 5.97 Å². The molecule has 1 aromatic rings. The second-order valence-corrected chi connectivity index (χ2v) is 1.79. The molecule has 11 heavy (non-hydrogen) atoms. The van der Waals surface area contributed by atoms with Crippen molar-refractivity contribution in [2.24, 2.45) is 0 Å². The summed E-state index contributed by atoms with van der Waals surface area (Å²) in [6.45, 7) is 3.26. The first-order valence-electron chi connectivity index (χ1n) is 3.07. The van der Waals surface area contributed by atoms with Crippen molar-refractivity contribution in [1.29, 1.82) is 0 Å². The summed E-state index contributed by atoms with van der Waals surface area (Å²) < 4.78 is 4.49. The van der Waals surface area contributed by atoms with Crippen LogP contribution < -0.4 is 0 Å². The van der Waals surface area contributed by atoms with Gasteiger partial charge in [-0.2, -0.15) is 0 Å². The van der Waals surface area contributed by atoms with Gasteiger partial charge in [-0.1, -0.05) is 12.6 Å². The summed E-state index contributed by atoms with van der Waals surface area (Å²) in [5.74, 6) is -0.486. The fraction of sp³-hybridized carbons (Fsp3) is 0. The lowest BCUT2D eigenvalue weighted by Gasteiger charge is -1.95. The summed E-state index contributed by atoms with van der Waals surface area (Å²) in [4.78, 5) is 14.7. The molecule has 0 bridgehead atoms. The molecule has 56 valence electrons. The molecule has 0 spiro atoms. The van der Waals surface area contributed by atoms with E-state index < -0.39 is 5.97 Å². The van der Waals surface area contributed by atoms with Crippen LogP contribution in [-0.4, -0.2) is 11.0 Å². The van der Waals surface area contributed by atoms with Gasteiger partial charge in [0.05, 0.1) is 6.26 Å². The fourth-order valence-electron chi connectivity index (χ4n) is 0.620. The van der Waals surface area contributed by atoms with Gasteiger partial charge in [-0.25, -0.2) is 9.78 Å². The van der Waals surface area contributed by atoms with Crippen LogP contribution >= 0.6 is 0 Å². The first kappa shape index (κ1) is 7.47. The molecule has 0 aliphatic heterocycles. The molecule has 1 heterocycles. The van der Waals surface area contributed by atoms with Crippen molar-refractivity contribution in [3.8, 4) is 0 Å². The second-order valence-electron chi connectivity index (χ2n) is 1.79. The Labute approximate surface area is 64.3 Å². The molecule has 1 aromatic heterocycles. The third kappa shape index (κ3) is 1.89. The normalized spacial score (nSPS) is 8.73. The Bertz CT molecular complexity index is 256. The zero-order chi connectivity index (χ0) is 8.10. The van der Waals surface area contributed by atoms with Crippen molar-refractivity contribution in [2.75, 3.05) is 0 Å². The van der Waals surface area contributed by atoms with Gasteiger partial charge in [0.1, 0.15) is 5.69 Å². The van der Waals surface area contributed by atoms with E-state index in [1.807, 2.05) is 0 Å². The Morgan fingerprint density at radius 1 is 1.64 bits per heavy atom. The lowest BCUT2D eigenvalue weighted by atomic mass is 10.4. The second kappa shape index (κ2) is 3.51. The molecule has 0 atom stereocenters. The van der Waals surface area contributed by atoms with E-state index >= 15 is 0 Å². The van der Waals surface area contributed by atoms with Gasteiger partial charge in [0.25, 0.3) is 0 Å². The molecule has 0 N–H and O–H groups in total. The summed E-state index contributed by atoms with van der Waals surface area (Å²) in [6, 6.07) is 5.02. The average Bonchev–Trinajstić information content (AvgIpc) is 2.07. The highest BCUT2D eigenvalue weighted by Crippen LogP contribution is 1.95. The van der Waals surface area contributed by atoms with E-state index in [4.69, 9.17) is 0 Å². The number of rotatable bonds is 2. The minimum atomic E-state index is -0.486. The van der Waals surface area contributed by atoms with Gasteiger partial charge in [-0.15, -0.1) is 0 Å². The number of pyridine rings is 1. The number of carbonyl (C=O) groups is 1. The lowest BCUT2D eigenvalue weighted by molar-refractivity contribution is 0.0658. The minimum Gasteiger partial charge on any atom is -0.430 e. The monoisotopic (exact) mass is 149 g/mol. The van der Waals surface area contributed by atoms with E-state index in [1.165, 1.54) is 6.20 Å². The maximum absolute atomic E-state index is 10.9. The predicted octanol–water partition coefficient (Wildman–Crippen LogP) is 1.38. The van der Waals surface area contributed by atoms with Gasteiger partial charge in [-0.05, 0) is 12.1 Å². The number of hydrogen-bond donors (Lipinski definition) is 0. The van der Waals surface area contributed by atoms with Crippen molar-refractivity contribution in [3.63, 3.8) is 0 Å². The lowest BCUT2D eigenvalue weighted by Crippen LogP contribution is -2.01. The van der Waals surface area contributed by atoms with Gasteiger partial charge in [0, 0.05) is 6.20 Å². The molecule has 0 saturated carbocycles. The van der Waals surface area contributed by atoms with E-state index in [9.17, 15) is 4.79 Å². The Morgan fingerprint density at radius 3 is 3.00 bits per heavy atom.